The largest absolute Gasteiger partial charge is 0.355 e. The molecule has 24 heavy (non-hydrogen) atoms. The molecule has 6 nitrogen and oxygen atoms in total. The lowest BCUT2D eigenvalue weighted by Gasteiger charge is -2.41. The van der Waals surface area contributed by atoms with E-state index in [9.17, 15) is 8.42 Å². The number of hydrogen-bond donors (Lipinski definition) is 2. The molecule has 7 heteroatoms. The second kappa shape index (κ2) is 8.52. The Morgan fingerprint density at radius 1 is 1.04 bits per heavy atom. The highest BCUT2D eigenvalue weighted by Gasteiger charge is 2.29. The molecule has 1 heterocycles. The molecule has 1 aliphatic rings. The minimum Gasteiger partial charge on any atom is -0.355 e. The van der Waals surface area contributed by atoms with E-state index in [1.54, 1.807) is 27.8 Å². The van der Waals surface area contributed by atoms with Crippen LogP contribution in [0.4, 0.5) is 0 Å². The van der Waals surface area contributed by atoms with Gasteiger partial charge in [-0.2, -0.15) is 0 Å². The number of guanidine groups is 1. The van der Waals surface area contributed by atoms with Crippen LogP contribution in [-0.4, -0.2) is 68.5 Å². The van der Waals surface area contributed by atoms with Gasteiger partial charge in [0, 0.05) is 25.7 Å². The Morgan fingerprint density at radius 2 is 1.62 bits per heavy atom. The summed E-state index contributed by atoms with van der Waals surface area (Å²) in [6.45, 7) is 13.1. The summed E-state index contributed by atoms with van der Waals surface area (Å²) in [7, 11) is -1.41. The van der Waals surface area contributed by atoms with Gasteiger partial charge in [0.05, 0.1) is 10.5 Å². The summed E-state index contributed by atoms with van der Waals surface area (Å²) in [4.78, 5) is 6.71. The number of nitrogens with one attached hydrogen (secondary N) is 2. The summed E-state index contributed by atoms with van der Waals surface area (Å²) < 4.78 is 23.6. The fourth-order valence-corrected chi connectivity index (χ4v) is 3.72. The number of nitrogens with zero attached hydrogens (tertiary/aromatic N) is 2. The van der Waals surface area contributed by atoms with Crippen molar-refractivity contribution in [2.75, 3.05) is 39.0 Å². The Kier molecular flexibility index (Phi) is 7.53. The van der Waals surface area contributed by atoms with E-state index in [2.05, 4.69) is 34.4 Å². The van der Waals surface area contributed by atoms with E-state index in [1.807, 2.05) is 0 Å². The molecule has 2 N–H and O–H groups in total. The maximum atomic E-state index is 12.1. The van der Waals surface area contributed by atoms with Crippen LogP contribution in [0.3, 0.4) is 0 Å². The molecule has 0 radical (unpaired) electrons. The molecule has 0 spiro atoms. The van der Waals surface area contributed by atoms with Crippen LogP contribution in [0.15, 0.2) is 4.99 Å². The van der Waals surface area contributed by atoms with Gasteiger partial charge in [0.15, 0.2) is 15.8 Å². The van der Waals surface area contributed by atoms with Gasteiger partial charge in [-0.25, -0.2) is 8.42 Å². The minimum absolute atomic E-state index is 0.0511. The summed E-state index contributed by atoms with van der Waals surface area (Å²) in [5, 5.41) is 6.45. The average molecular weight is 361 g/mol. The number of hydrogen-bond acceptors (Lipinski definition) is 4. The molecule has 0 aliphatic carbocycles. The van der Waals surface area contributed by atoms with Gasteiger partial charge in [-0.15, -0.1) is 0 Å². The molecule has 0 unspecified atom stereocenters. The molecular formula is C17H36N4O2S. The normalized spacial score (nSPS) is 18.5. The summed E-state index contributed by atoms with van der Waals surface area (Å²) in [5.74, 6) is 0.761. The van der Waals surface area contributed by atoms with Crippen LogP contribution < -0.4 is 10.6 Å². The van der Waals surface area contributed by atoms with Crippen molar-refractivity contribution < 1.29 is 8.42 Å². The van der Waals surface area contributed by atoms with E-state index in [-0.39, 0.29) is 11.3 Å². The maximum Gasteiger partial charge on any atom is 0.191 e. The van der Waals surface area contributed by atoms with Gasteiger partial charge in [0.25, 0.3) is 0 Å². The van der Waals surface area contributed by atoms with E-state index in [4.69, 9.17) is 0 Å². The predicted molar refractivity (Wildman–Crippen MR) is 102 cm³/mol. The smallest absolute Gasteiger partial charge is 0.191 e. The zero-order valence-electron chi connectivity index (χ0n) is 16.3. The van der Waals surface area contributed by atoms with E-state index < -0.39 is 14.6 Å². The minimum atomic E-state index is -3.12. The van der Waals surface area contributed by atoms with Crippen LogP contribution in [0.1, 0.15) is 53.9 Å². The van der Waals surface area contributed by atoms with Crippen molar-refractivity contribution in [3.63, 3.8) is 0 Å². The van der Waals surface area contributed by atoms with Crippen molar-refractivity contribution >= 4 is 15.8 Å². The highest BCUT2D eigenvalue weighted by molar-refractivity contribution is 7.92. The lowest BCUT2D eigenvalue weighted by Crippen LogP contribution is -2.55. The quantitative estimate of drug-likeness (QED) is 0.556. The Balaban J connectivity index is 2.45. The fourth-order valence-electron chi connectivity index (χ4n) is 2.74. The zero-order chi connectivity index (χ0) is 18.4. The molecule has 0 aromatic heterocycles. The van der Waals surface area contributed by atoms with E-state index in [0.717, 1.165) is 19.6 Å². The van der Waals surface area contributed by atoms with Crippen LogP contribution in [0.25, 0.3) is 0 Å². The first-order chi connectivity index (χ1) is 11.0. The Bertz CT molecular complexity index is 515. The maximum absolute atomic E-state index is 12.1. The first-order valence-corrected chi connectivity index (χ1v) is 10.6. The number of sulfone groups is 1. The Labute approximate surface area is 148 Å². The summed E-state index contributed by atoms with van der Waals surface area (Å²) >= 11 is 0. The Hall–Kier alpha value is -0.820. The molecule has 1 fully saturated rings. The van der Waals surface area contributed by atoms with Crippen LogP contribution in [0.2, 0.25) is 0 Å². The number of aliphatic imine (C=N–C) groups is 1. The van der Waals surface area contributed by atoms with Crippen molar-refractivity contribution in [3.05, 3.63) is 0 Å². The average Bonchev–Trinajstić information content (AvgIpc) is 2.50. The zero-order valence-corrected chi connectivity index (χ0v) is 17.1. The molecule has 0 bridgehead atoms. The molecule has 1 saturated heterocycles. The molecule has 0 atom stereocenters. The van der Waals surface area contributed by atoms with Gasteiger partial charge in [-0.1, -0.05) is 6.42 Å². The predicted octanol–water partition coefficient (Wildman–Crippen LogP) is 1.63. The monoisotopic (exact) mass is 360 g/mol. The second-order valence-electron chi connectivity index (χ2n) is 8.14. The van der Waals surface area contributed by atoms with Gasteiger partial charge >= 0.3 is 0 Å². The SMILES string of the molecule is CN=C(NCCS(=O)(=O)C(C)(C)C)NCC(C)(C)N1CCCCC1. The number of likely N-dealkylation sites (tertiary alicyclic amines) is 1. The van der Waals surface area contributed by atoms with Gasteiger partial charge in [-0.3, -0.25) is 9.89 Å². The standard InChI is InChI=1S/C17H36N4O2S/c1-16(2,3)24(22,23)13-10-19-15(18-6)20-14-17(4,5)21-11-8-7-9-12-21/h7-14H2,1-6H3,(H2,18,19,20). The highest BCUT2D eigenvalue weighted by Crippen LogP contribution is 2.19. The molecular weight excluding hydrogens is 324 g/mol. The second-order valence-corrected chi connectivity index (χ2v) is 11.0. The van der Waals surface area contributed by atoms with Gasteiger partial charge in [-0.05, 0) is 60.5 Å². The van der Waals surface area contributed by atoms with E-state index in [1.165, 1.54) is 19.3 Å². The molecule has 1 aliphatic heterocycles. The lowest BCUT2D eigenvalue weighted by molar-refractivity contribution is 0.0982. The Morgan fingerprint density at radius 3 is 2.12 bits per heavy atom. The molecule has 1 rings (SSSR count). The van der Waals surface area contributed by atoms with Crippen LogP contribution in [0.5, 0.6) is 0 Å². The molecule has 0 aromatic rings. The third kappa shape index (κ3) is 6.24. The van der Waals surface area contributed by atoms with Crippen molar-refractivity contribution in [2.24, 2.45) is 4.99 Å². The number of piperidine rings is 1. The van der Waals surface area contributed by atoms with Crippen molar-refractivity contribution in [1.29, 1.82) is 0 Å². The first kappa shape index (κ1) is 21.2. The topological polar surface area (TPSA) is 73.8 Å². The first-order valence-electron chi connectivity index (χ1n) is 8.91. The fraction of sp³-hybridized carbons (Fsp3) is 0.941. The molecule has 0 aromatic carbocycles. The third-order valence-corrected chi connectivity index (χ3v) is 7.33. The number of rotatable bonds is 6. The van der Waals surface area contributed by atoms with Crippen molar-refractivity contribution in [2.45, 2.75) is 64.2 Å². The van der Waals surface area contributed by atoms with Crippen molar-refractivity contribution in [1.82, 2.24) is 15.5 Å². The van der Waals surface area contributed by atoms with Gasteiger partial charge < -0.3 is 10.6 Å². The third-order valence-electron chi connectivity index (χ3n) is 4.72. The summed E-state index contributed by atoms with van der Waals surface area (Å²) in [5.41, 5.74) is 0.0511. The highest BCUT2D eigenvalue weighted by atomic mass is 32.2. The van der Waals surface area contributed by atoms with Crippen LogP contribution in [0, 0.1) is 0 Å². The van der Waals surface area contributed by atoms with Crippen LogP contribution in [-0.2, 0) is 9.84 Å². The van der Waals surface area contributed by atoms with Gasteiger partial charge in [0.2, 0.25) is 0 Å². The van der Waals surface area contributed by atoms with Crippen molar-refractivity contribution in [3.8, 4) is 0 Å². The van der Waals surface area contributed by atoms with Crippen LogP contribution >= 0.6 is 0 Å². The summed E-state index contributed by atoms with van der Waals surface area (Å²) in [6, 6.07) is 0. The molecule has 0 amide bonds. The lowest BCUT2D eigenvalue weighted by atomic mass is 9.98. The summed E-state index contributed by atoms with van der Waals surface area (Å²) in [6.07, 6.45) is 3.85. The molecule has 142 valence electrons. The van der Waals surface area contributed by atoms with Gasteiger partial charge in [0.1, 0.15) is 0 Å². The van der Waals surface area contributed by atoms with E-state index >= 15 is 0 Å². The molecule has 0 saturated carbocycles. The van der Waals surface area contributed by atoms with E-state index in [0.29, 0.717) is 12.5 Å².